The first kappa shape index (κ1) is 18.2. The van der Waals surface area contributed by atoms with Crippen molar-refractivity contribution in [1.82, 2.24) is 10.6 Å². The van der Waals surface area contributed by atoms with Crippen molar-refractivity contribution in [3.8, 4) is 0 Å². The highest BCUT2D eigenvalue weighted by molar-refractivity contribution is 5.80. The summed E-state index contributed by atoms with van der Waals surface area (Å²) in [5, 5.41) is 6.71. The predicted octanol–water partition coefficient (Wildman–Crippen LogP) is 2.17. The fourth-order valence-corrected chi connectivity index (χ4v) is 2.05. The van der Waals surface area contributed by atoms with Gasteiger partial charge in [0.1, 0.15) is 0 Å². The molecular formula is C16H33N3O2. The van der Waals surface area contributed by atoms with Crippen LogP contribution < -0.4 is 10.6 Å². The van der Waals surface area contributed by atoms with Crippen LogP contribution in [0.4, 0.5) is 0 Å². The summed E-state index contributed by atoms with van der Waals surface area (Å²) in [5.41, 5.74) is 0. The molecule has 124 valence electrons. The fourth-order valence-electron chi connectivity index (χ4n) is 2.05. The number of aliphatic imine (C=N–C) groups is 1. The predicted molar refractivity (Wildman–Crippen MR) is 87.8 cm³/mol. The first-order valence-electron chi connectivity index (χ1n) is 8.37. The van der Waals surface area contributed by atoms with Crippen LogP contribution in [0, 0.1) is 5.92 Å². The third kappa shape index (κ3) is 8.27. The van der Waals surface area contributed by atoms with Gasteiger partial charge in [0.25, 0.3) is 0 Å². The first-order valence-corrected chi connectivity index (χ1v) is 8.37. The highest BCUT2D eigenvalue weighted by Crippen LogP contribution is 2.11. The van der Waals surface area contributed by atoms with Crippen molar-refractivity contribution in [2.75, 3.05) is 32.9 Å². The monoisotopic (exact) mass is 299 g/mol. The Hall–Kier alpha value is -0.810. The second-order valence-electron chi connectivity index (χ2n) is 6.00. The lowest BCUT2D eigenvalue weighted by molar-refractivity contribution is 0.0171. The van der Waals surface area contributed by atoms with Gasteiger partial charge in [-0.1, -0.05) is 13.8 Å². The molecule has 2 N–H and O–H groups in total. The van der Waals surface area contributed by atoms with Gasteiger partial charge in [0.15, 0.2) is 5.96 Å². The Bertz CT molecular complexity index is 289. The maximum absolute atomic E-state index is 5.64. The summed E-state index contributed by atoms with van der Waals surface area (Å²) in [6, 6.07) is 0.415. The zero-order valence-corrected chi connectivity index (χ0v) is 14.2. The van der Waals surface area contributed by atoms with Crippen molar-refractivity contribution in [3.63, 3.8) is 0 Å². The molecule has 0 aromatic heterocycles. The molecule has 2 unspecified atom stereocenters. The van der Waals surface area contributed by atoms with Crippen LogP contribution in [0.1, 0.15) is 47.0 Å². The number of hydrogen-bond donors (Lipinski definition) is 2. The molecule has 1 rings (SSSR count). The van der Waals surface area contributed by atoms with E-state index in [1.165, 1.54) is 6.42 Å². The average molecular weight is 299 g/mol. The van der Waals surface area contributed by atoms with E-state index < -0.39 is 0 Å². The first-order chi connectivity index (χ1) is 10.1. The molecule has 5 heteroatoms. The highest BCUT2D eigenvalue weighted by Gasteiger charge is 2.14. The molecule has 21 heavy (non-hydrogen) atoms. The quantitative estimate of drug-likeness (QED) is 0.389. The maximum Gasteiger partial charge on any atom is 0.191 e. The molecule has 0 saturated carbocycles. The van der Waals surface area contributed by atoms with Crippen LogP contribution in [0.3, 0.4) is 0 Å². The van der Waals surface area contributed by atoms with Crippen LogP contribution >= 0.6 is 0 Å². The normalized spacial score (nSPS) is 20.8. The molecule has 0 amide bonds. The van der Waals surface area contributed by atoms with E-state index in [9.17, 15) is 0 Å². The van der Waals surface area contributed by atoms with Crippen molar-refractivity contribution < 1.29 is 9.47 Å². The van der Waals surface area contributed by atoms with E-state index in [1.54, 1.807) is 0 Å². The van der Waals surface area contributed by atoms with Gasteiger partial charge >= 0.3 is 0 Å². The average Bonchev–Trinajstić information content (AvgIpc) is 2.95. The molecule has 1 aliphatic rings. The highest BCUT2D eigenvalue weighted by atomic mass is 16.5. The number of rotatable bonds is 9. The molecule has 0 bridgehead atoms. The van der Waals surface area contributed by atoms with Gasteiger partial charge in [0, 0.05) is 32.3 Å². The van der Waals surface area contributed by atoms with E-state index in [0.717, 1.165) is 51.7 Å². The molecule has 0 spiro atoms. The standard InChI is InChI=1S/C16H33N3O2/c1-5-17-16(19-14(4)13(2)3)18-9-7-10-20-12-15-8-6-11-21-15/h13-15H,5-12H2,1-4H3,(H2,17,18,19). The molecule has 0 aliphatic carbocycles. The third-order valence-electron chi connectivity index (χ3n) is 3.75. The summed E-state index contributed by atoms with van der Waals surface area (Å²) in [5.74, 6) is 1.49. The summed E-state index contributed by atoms with van der Waals surface area (Å²) in [6.07, 6.45) is 3.57. The van der Waals surface area contributed by atoms with Crippen LogP contribution in [-0.2, 0) is 9.47 Å². The summed E-state index contributed by atoms with van der Waals surface area (Å²) in [7, 11) is 0. The molecule has 1 heterocycles. The Morgan fingerprint density at radius 1 is 1.38 bits per heavy atom. The number of guanidine groups is 1. The van der Waals surface area contributed by atoms with Crippen LogP contribution in [0.15, 0.2) is 4.99 Å². The molecule has 0 aromatic rings. The van der Waals surface area contributed by atoms with Gasteiger partial charge in [0.2, 0.25) is 0 Å². The van der Waals surface area contributed by atoms with E-state index in [-0.39, 0.29) is 0 Å². The molecule has 1 saturated heterocycles. The fraction of sp³-hybridized carbons (Fsp3) is 0.938. The second kappa shape index (κ2) is 10.9. The van der Waals surface area contributed by atoms with Crippen molar-refractivity contribution in [1.29, 1.82) is 0 Å². The Labute approximate surface area is 129 Å². The van der Waals surface area contributed by atoms with Crippen LogP contribution in [-0.4, -0.2) is 51.0 Å². The molecule has 0 radical (unpaired) electrons. The minimum absolute atomic E-state index is 0.319. The largest absolute Gasteiger partial charge is 0.379 e. The molecule has 2 atom stereocenters. The number of hydrogen-bond acceptors (Lipinski definition) is 3. The summed E-state index contributed by atoms with van der Waals surface area (Å²) < 4.78 is 11.2. The summed E-state index contributed by atoms with van der Waals surface area (Å²) in [6.45, 7) is 12.7. The molecule has 5 nitrogen and oxygen atoms in total. The lowest BCUT2D eigenvalue weighted by Gasteiger charge is -2.20. The lowest BCUT2D eigenvalue weighted by Crippen LogP contribution is -2.44. The Morgan fingerprint density at radius 2 is 2.19 bits per heavy atom. The molecule has 0 aromatic carbocycles. The van der Waals surface area contributed by atoms with Crippen molar-refractivity contribution >= 4 is 5.96 Å². The van der Waals surface area contributed by atoms with Gasteiger partial charge < -0.3 is 20.1 Å². The second-order valence-corrected chi connectivity index (χ2v) is 6.00. The molecular weight excluding hydrogens is 266 g/mol. The zero-order valence-electron chi connectivity index (χ0n) is 14.2. The number of ether oxygens (including phenoxy) is 2. The van der Waals surface area contributed by atoms with Gasteiger partial charge in [-0.2, -0.15) is 0 Å². The SMILES string of the molecule is CCNC(=NCCCOCC1CCCO1)NC(C)C(C)C. The van der Waals surface area contributed by atoms with Gasteiger partial charge in [0.05, 0.1) is 12.7 Å². The van der Waals surface area contributed by atoms with Gasteiger partial charge in [-0.05, 0) is 39.0 Å². The lowest BCUT2D eigenvalue weighted by atomic mass is 10.1. The van der Waals surface area contributed by atoms with Gasteiger partial charge in [-0.3, -0.25) is 4.99 Å². The van der Waals surface area contributed by atoms with Crippen molar-refractivity contribution in [2.45, 2.75) is 59.1 Å². The van der Waals surface area contributed by atoms with Crippen molar-refractivity contribution in [2.24, 2.45) is 10.9 Å². The third-order valence-corrected chi connectivity index (χ3v) is 3.75. The van der Waals surface area contributed by atoms with Crippen LogP contribution in [0.5, 0.6) is 0 Å². The van der Waals surface area contributed by atoms with Gasteiger partial charge in [-0.15, -0.1) is 0 Å². The zero-order chi connectivity index (χ0) is 15.5. The van der Waals surface area contributed by atoms with Crippen LogP contribution in [0.25, 0.3) is 0 Å². The number of nitrogens with one attached hydrogen (secondary N) is 2. The summed E-state index contributed by atoms with van der Waals surface area (Å²) in [4.78, 5) is 4.59. The molecule has 1 fully saturated rings. The van der Waals surface area contributed by atoms with E-state index in [0.29, 0.717) is 18.1 Å². The Balaban J connectivity index is 2.14. The summed E-state index contributed by atoms with van der Waals surface area (Å²) >= 11 is 0. The van der Waals surface area contributed by atoms with Gasteiger partial charge in [-0.25, -0.2) is 0 Å². The van der Waals surface area contributed by atoms with Crippen LogP contribution in [0.2, 0.25) is 0 Å². The van der Waals surface area contributed by atoms with E-state index in [4.69, 9.17) is 9.47 Å². The number of nitrogens with zero attached hydrogens (tertiary/aromatic N) is 1. The topological polar surface area (TPSA) is 54.9 Å². The van der Waals surface area contributed by atoms with Crippen molar-refractivity contribution in [3.05, 3.63) is 0 Å². The smallest absolute Gasteiger partial charge is 0.191 e. The Kier molecular flexibility index (Phi) is 9.42. The van der Waals surface area contributed by atoms with E-state index >= 15 is 0 Å². The molecule has 1 aliphatic heterocycles. The van der Waals surface area contributed by atoms with E-state index in [2.05, 4.69) is 43.3 Å². The minimum atomic E-state index is 0.319. The maximum atomic E-state index is 5.64. The Morgan fingerprint density at radius 3 is 2.81 bits per heavy atom. The minimum Gasteiger partial charge on any atom is -0.379 e. The van der Waals surface area contributed by atoms with E-state index in [1.807, 2.05) is 0 Å².